The average molecular weight is 539 g/mol. The average Bonchev–Trinajstić information content (AvgIpc) is 3.24. The van der Waals surface area contributed by atoms with Crippen molar-refractivity contribution < 1.29 is 10.2 Å². The Morgan fingerprint density at radius 3 is 1.49 bits per heavy atom. The molecule has 0 radical (unpaired) electrons. The van der Waals surface area contributed by atoms with Gasteiger partial charge in [-0.15, -0.1) is 0 Å². The van der Waals surface area contributed by atoms with Crippen molar-refractivity contribution >= 4 is 0 Å². The highest BCUT2D eigenvalue weighted by Gasteiger charge is 2.42. The zero-order chi connectivity index (χ0) is 29.2. The minimum Gasteiger partial charge on any atom is -0.508 e. The Hall–Kier alpha value is -4.30. The van der Waals surface area contributed by atoms with Gasteiger partial charge < -0.3 is 10.2 Å². The normalized spacial score (nSPS) is 14.0. The molecule has 0 saturated carbocycles. The molecule has 0 atom stereocenters. The lowest BCUT2D eigenvalue weighted by Crippen LogP contribution is -2.26. The summed E-state index contributed by atoms with van der Waals surface area (Å²) in [4.78, 5) is 0. The molecule has 0 bridgehead atoms. The summed E-state index contributed by atoms with van der Waals surface area (Å²) < 4.78 is 0. The third kappa shape index (κ3) is 4.08. The van der Waals surface area contributed by atoms with E-state index in [-0.39, 0.29) is 10.8 Å². The van der Waals surface area contributed by atoms with E-state index in [9.17, 15) is 10.2 Å². The summed E-state index contributed by atoms with van der Waals surface area (Å²) >= 11 is 0. The number of hydrogen-bond acceptors (Lipinski definition) is 2. The van der Waals surface area contributed by atoms with Crippen LogP contribution in [0.15, 0.2) is 109 Å². The lowest BCUT2D eigenvalue weighted by atomic mass is 9.70. The summed E-state index contributed by atoms with van der Waals surface area (Å²) in [6.45, 7) is 13.2. The van der Waals surface area contributed by atoms with Gasteiger partial charge in [-0.25, -0.2) is 0 Å². The molecule has 1 aliphatic rings. The van der Waals surface area contributed by atoms with E-state index in [4.69, 9.17) is 0 Å². The van der Waals surface area contributed by atoms with E-state index >= 15 is 0 Å². The molecule has 5 aromatic carbocycles. The van der Waals surface area contributed by atoms with Crippen molar-refractivity contribution in [2.45, 2.75) is 57.8 Å². The molecule has 1 aliphatic carbocycles. The van der Waals surface area contributed by atoms with E-state index in [1.54, 1.807) is 6.07 Å². The minimum absolute atomic E-state index is 0.241. The molecule has 206 valence electrons. The zero-order valence-corrected chi connectivity index (χ0v) is 24.8. The summed E-state index contributed by atoms with van der Waals surface area (Å²) in [6, 6.07) is 38.0. The molecule has 2 N–H and O–H groups in total. The second-order valence-electron chi connectivity index (χ2n) is 12.8. The highest BCUT2D eigenvalue weighted by Crippen LogP contribution is 2.54. The van der Waals surface area contributed by atoms with Gasteiger partial charge >= 0.3 is 0 Å². The minimum atomic E-state index is -0.468. The molecule has 2 nitrogen and oxygen atoms in total. The Labute approximate surface area is 244 Å². The van der Waals surface area contributed by atoms with E-state index in [1.807, 2.05) is 19.1 Å². The molecular formula is C39H38O2. The number of phenolic OH excluding ortho intramolecular Hbond substituents is 2. The van der Waals surface area contributed by atoms with Crippen LogP contribution in [0.1, 0.15) is 79.1 Å². The van der Waals surface area contributed by atoms with Crippen LogP contribution in [0.4, 0.5) is 0 Å². The van der Waals surface area contributed by atoms with Gasteiger partial charge in [0.15, 0.2) is 0 Å². The number of aromatic hydroxyl groups is 2. The van der Waals surface area contributed by atoms with Crippen LogP contribution in [-0.2, 0) is 16.2 Å². The molecule has 2 heteroatoms. The third-order valence-electron chi connectivity index (χ3n) is 9.70. The maximum absolute atomic E-state index is 11.3. The van der Waals surface area contributed by atoms with Crippen LogP contribution in [0.25, 0.3) is 11.1 Å². The Kier molecular flexibility index (Phi) is 6.15. The number of rotatable bonds is 5. The largest absolute Gasteiger partial charge is 0.508 e. The molecule has 0 fully saturated rings. The fourth-order valence-corrected chi connectivity index (χ4v) is 6.74. The fourth-order valence-electron chi connectivity index (χ4n) is 6.74. The van der Waals surface area contributed by atoms with E-state index in [0.717, 1.165) is 16.7 Å². The van der Waals surface area contributed by atoms with Crippen molar-refractivity contribution in [3.63, 3.8) is 0 Å². The number of fused-ring (bicyclic) bond motifs is 3. The molecule has 0 unspecified atom stereocenters. The lowest BCUT2D eigenvalue weighted by molar-refractivity contribution is 0.457. The van der Waals surface area contributed by atoms with E-state index in [0.29, 0.717) is 11.5 Å². The Morgan fingerprint density at radius 1 is 0.488 bits per heavy atom. The van der Waals surface area contributed by atoms with Crippen LogP contribution in [0.5, 0.6) is 11.5 Å². The Morgan fingerprint density at radius 2 is 0.951 bits per heavy atom. The van der Waals surface area contributed by atoms with Gasteiger partial charge in [0.05, 0.1) is 0 Å². The van der Waals surface area contributed by atoms with Gasteiger partial charge in [0.25, 0.3) is 0 Å². The maximum Gasteiger partial charge on any atom is 0.120 e. The van der Waals surface area contributed by atoms with Gasteiger partial charge in [-0.2, -0.15) is 0 Å². The predicted molar refractivity (Wildman–Crippen MR) is 169 cm³/mol. The number of aryl methyl sites for hydroxylation is 1. The van der Waals surface area contributed by atoms with Gasteiger partial charge in [0, 0.05) is 21.8 Å². The number of hydrogen-bond donors (Lipinski definition) is 2. The summed E-state index contributed by atoms with van der Waals surface area (Å²) in [6.07, 6.45) is 0. The predicted octanol–water partition coefficient (Wildman–Crippen LogP) is 9.39. The van der Waals surface area contributed by atoms with Crippen molar-refractivity contribution in [2.75, 3.05) is 0 Å². The highest BCUT2D eigenvalue weighted by molar-refractivity contribution is 5.83. The SMILES string of the molecule is Cc1cc(C(C)(C)c2cccc(C(C)(C)c3ccc(O)c(C4(C)c5ccccc5-c5ccccc54)c3)c2)ccc1O. The summed E-state index contributed by atoms with van der Waals surface area (Å²) in [7, 11) is 0. The summed E-state index contributed by atoms with van der Waals surface area (Å²) in [5.74, 6) is 0.639. The fraction of sp³-hybridized carbons (Fsp3) is 0.231. The molecule has 0 amide bonds. The van der Waals surface area contributed by atoms with Gasteiger partial charge in [-0.3, -0.25) is 0 Å². The van der Waals surface area contributed by atoms with Crippen molar-refractivity contribution in [1.82, 2.24) is 0 Å². The highest BCUT2D eigenvalue weighted by atomic mass is 16.3. The van der Waals surface area contributed by atoms with E-state index in [2.05, 4.69) is 126 Å². The maximum atomic E-state index is 11.3. The van der Waals surface area contributed by atoms with Crippen LogP contribution in [0.3, 0.4) is 0 Å². The molecule has 0 aromatic heterocycles. The third-order valence-corrected chi connectivity index (χ3v) is 9.70. The molecule has 0 aliphatic heterocycles. The molecule has 0 heterocycles. The lowest BCUT2D eigenvalue weighted by Gasteiger charge is -2.33. The van der Waals surface area contributed by atoms with Gasteiger partial charge in [0.2, 0.25) is 0 Å². The van der Waals surface area contributed by atoms with Crippen molar-refractivity contribution in [3.8, 4) is 22.6 Å². The molecule has 6 rings (SSSR count). The van der Waals surface area contributed by atoms with Crippen molar-refractivity contribution in [3.05, 3.63) is 154 Å². The second-order valence-corrected chi connectivity index (χ2v) is 12.8. The molecule has 5 aromatic rings. The van der Waals surface area contributed by atoms with Gasteiger partial charge in [-0.05, 0) is 82.1 Å². The van der Waals surface area contributed by atoms with E-state index < -0.39 is 5.41 Å². The topological polar surface area (TPSA) is 40.5 Å². The summed E-state index contributed by atoms with van der Waals surface area (Å²) in [5, 5.41) is 21.4. The van der Waals surface area contributed by atoms with Crippen molar-refractivity contribution in [2.24, 2.45) is 0 Å². The zero-order valence-electron chi connectivity index (χ0n) is 24.8. The molecular weight excluding hydrogens is 500 g/mol. The molecule has 41 heavy (non-hydrogen) atoms. The Balaban J connectivity index is 1.46. The molecule has 0 saturated heterocycles. The van der Waals surface area contributed by atoms with Gasteiger partial charge in [-0.1, -0.05) is 119 Å². The number of phenols is 2. The molecule has 0 spiro atoms. The quantitative estimate of drug-likeness (QED) is 0.234. The van der Waals surface area contributed by atoms with Crippen LogP contribution >= 0.6 is 0 Å². The monoisotopic (exact) mass is 538 g/mol. The van der Waals surface area contributed by atoms with Gasteiger partial charge in [0.1, 0.15) is 11.5 Å². The van der Waals surface area contributed by atoms with Crippen LogP contribution in [0.2, 0.25) is 0 Å². The van der Waals surface area contributed by atoms with Crippen LogP contribution in [-0.4, -0.2) is 10.2 Å². The van der Waals surface area contributed by atoms with Crippen LogP contribution < -0.4 is 0 Å². The standard InChI is InChI=1S/C39H38O2/c1-25-22-28(18-20-35(25)40)37(2,3)26-12-11-13-27(23-26)38(4,5)29-19-21-36(41)34(24-29)39(6)32-16-9-7-14-30(32)31-15-8-10-17-33(31)39/h7-24,40-41H,1-6H3. The number of benzene rings is 5. The van der Waals surface area contributed by atoms with Crippen LogP contribution in [0, 0.1) is 6.92 Å². The summed E-state index contributed by atoms with van der Waals surface area (Å²) in [5.41, 5.74) is 10.5. The van der Waals surface area contributed by atoms with E-state index in [1.165, 1.54) is 38.9 Å². The second kappa shape index (κ2) is 9.38. The first-order valence-electron chi connectivity index (χ1n) is 14.4. The first-order valence-corrected chi connectivity index (χ1v) is 14.4. The smallest absolute Gasteiger partial charge is 0.120 e. The first-order chi connectivity index (χ1) is 19.5. The van der Waals surface area contributed by atoms with Crippen molar-refractivity contribution in [1.29, 1.82) is 0 Å². The first kappa shape index (κ1) is 26.9. The Bertz CT molecular complexity index is 1740.